The molecule has 1 aromatic rings. The van der Waals surface area contributed by atoms with Gasteiger partial charge in [0.2, 0.25) is 0 Å². The van der Waals surface area contributed by atoms with Gasteiger partial charge in [-0.25, -0.2) is 8.78 Å². The molecule has 86 valence electrons. The first-order valence-corrected chi connectivity index (χ1v) is 3.57. The van der Waals surface area contributed by atoms with Gasteiger partial charge in [0.25, 0.3) is 6.43 Å². The van der Waals surface area contributed by atoms with Crippen LogP contribution >= 0.6 is 12.4 Å². The van der Waals surface area contributed by atoms with Gasteiger partial charge in [-0.3, -0.25) is 0 Å². The SMILES string of the molecule is Cl.Nc1ccc(C(F)F)c(C(F)(F)F)c1. The third kappa shape index (κ3) is 3.23. The number of anilines is 1. The van der Waals surface area contributed by atoms with E-state index in [1.807, 2.05) is 0 Å². The van der Waals surface area contributed by atoms with E-state index < -0.39 is 23.7 Å². The Labute approximate surface area is 88.5 Å². The number of hydrogen-bond acceptors (Lipinski definition) is 1. The minimum Gasteiger partial charge on any atom is -0.399 e. The fraction of sp³-hybridized carbons (Fsp3) is 0.250. The molecular weight excluding hydrogens is 241 g/mol. The van der Waals surface area contributed by atoms with Crippen LogP contribution in [0.1, 0.15) is 17.6 Å². The van der Waals surface area contributed by atoms with Crippen molar-refractivity contribution in [3.05, 3.63) is 29.3 Å². The summed E-state index contributed by atoms with van der Waals surface area (Å²) in [4.78, 5) is 0. The second kappa shape index (κ2) is 4.65. The molecule has 0 aromatic heterocycles. The Hall–Kier alpha value is -1.04. The van der Waals surface area contributed by atoms with Gasteiger partial charge < -0.3 is 5.73 Å². The van der Waals surface area contributed by atoms with Crippen LogP contribution in [0.2, 0.25) is 0 Å². The summed E-state index contributed by atoms with van der Waals surface area (Å²) in [5.74, 6) is 0. The molecule has 7 heteroatoms. The standard InChI is InChI=1S/C8H6F5N.ClH/c9-7(10)5-2-1-4(14)3-6(5)8(11,12)13;/h1-3,7H,14H2;1H. The van der Waals surface area contributed by atoms with E-state index in [1.54, 1.807) is 0 Å². The zero-order chi connectivity index (χ0) is 10.9. The van der Waals surface area contributed by atoms with Gasteiger partial charge in [0, 0.05) is 11.3 Å². The average Bonchev–Trinajstić information content (AvgIpc) is 2.01. The van der Waals surface area contributed by atoms with Crippen LogP contribution < -0.4 is 5.73 Å². The van der Waals surface area contributed by atoms with Crippen molar-refractivity contribution >= 4 is 18.1 Å². The van der Waals surface area contributed by atoms with Crippen molar-refractivity contribution in [2.45, 2.75) is 12.6 Å². The summed E-state index contributed by atoms with van der Waals surface area (Å²) in [7, 11) is 0. The number of nitrogen functional groups attached to an aromatic ring is 1. The van der Waals surface area contributed by atoms with E-state index in [4.69, 9.17) is 5.73 Å². The topological polar surface area (TPSA) is 26.0 Å². The third-order valence-electron chi connectivity index (χ3n) is 1.62. The maximum atomic E-state index is 12.2. The van der Waals surface area contributed by atoms with Crippen LogP contribution in [-0.4, -0.2) is 0 Å². The van der Waals surface area contributed by atoms with E-state index in [-0.39, 0.29) is 18.1 Å². The lowest BCUT2D eigenvalue weighted by Crippen LogP contribution is -2.10. The Morgan fingerprint density at radius 2 is 1.67 bits per heavy atom. The highest BCUT2D eigenvalue weighted by Crippen LogP contribution is 2.37. The number of hydrogen-bond donors (Lipinski definition) is 1. The average molecular weight is 248 g/mol. The largest absolute Gasteiger partial charge is 0.416 e. The van der Waals surface area contributed by atoms with Gasteiger partial charge in [0.1, 0.15) is 0 Å². The van der Waals surface area contributed by atoms with Crippen LogP contribution in [0.4, 0.5) is 27.6 Å². The molecule has 2 N–H and O–H groups in total. The highest BCUT2D eigenvalue weighted by molar-refractivity contribution is 5.85. The van der Waals surface area contributed by atoms with E-state index in [1.165, 1.54) is 0 Å². The summed E-state index contributed by atoms with van der Waals surface area (Å²) in [6.07, 6.45) is -7.96. The monoisotopic (exact) mass is 247 g/mol. The third-order valence-corrected chi connectivity index (χ3v) is 1.62. The predicted molar refractivity (Wildman–Crippen MR) is 48.1 cm³/mol. The highest BCUT2D eigenvalue weighted by atomic mass is 35.5. The van der Waals surface area contributed by atoms with E-state index in [9.17, 15) is 22.0 Å². The lowest BCUT2D eigenvalue weighted by molar-refractivity contribution is -0.139. The zero-order valence-electron chi connectivity index (χ0n) is 7.18. The van der Waals surface area contributed by atoms with Gasteiger partial charge in [0.15, 0.2) is 0 Å². The molecule has 0 aliphatic carbocycles. The molecule has 0 saturated carbocycles. The van der Waals surface area contributed by atoms with Crippen LogP contribution in [0.5, 0.6) is 0 Å². The summed E-state index contributed by atoms with van der Waals surface area (Å²) in [6, 6.07) is 2.20. The van der Waals surface area contributed by atoms with Crippen molar-refractivity contribution < 1.29 is 22.0 Å². The van der Waals surface area contributed by atoms with E-state index in [0.29, 0.717) is 12.1 Å². The summed E-state index contributed by atoms with van der Waals surface area (Å²) in [6.45, 7) is 0. The van der Waals surface area contributed by atoms with Gasteiger partial charge in [-0.1, -0.05) is 6.07 Å². The first kappa shape index (κ1) is 14.0. The molecule has 0 aliphatic heterocycles. The summed E-state index contributed by atoms with van der Waals surface area (Å²) >= 11 is 0. The molecule has 0 aliphatic rings. The molecule has 0 radical (unpaired) electrons. The van der Waals surface area contributed by atoms with Crippen molar-refractivity contribution in [2.75, 3.05) is 5.73 Å². The molecule has 0 atom stereocenters. The van der Waals surface area contributed by atoms with Crippen LogP contribution in [0.25, 0.3) is 0 Å². The Morgan fingerprint density at radius 3 is 2.07 bits per heavy atom. The summed E-state index contributed by atoms with van der Waals surface area (Å²) < 4.78 is 60.9. The number of halogens is 6. The lowest BCUT2D eigenvalue weighted by atomic mass is 10.1. The molecule has 0 unspecified atom stereocenters. The Balaban J connectivity index is 0.00000196. The number of nitrogens with two attached hydrogens (primary N) is 1. The number of alkyl halides is 5. The van der Waals surface area contributed by atoms with Gasteiger partial charge in [-0.05, 0) is 12.1 Å². The molecule has 0 saturated heterocycles. The number of benzene rings is 1. The van der Waals surface area contributed by atoms with Gasteiger partial charge in [-0.2, -0.15) is 13.2 Å². The molecule has 0 bridgehead atoms. The van der Waals surface area contributed by atoms with E-state index in [2.05, 4.69) is 0 Å². The molecule has 1 rings (SSSR count). The van der Waals surface area contributed by atoms with Crippen molar-refractivity contribution in [2.24, 2.45) is 0 Å². The van der Waals surface area contributed by atoms with Crippen LogP contribution in [0, 0.1) is 0 Å². The van der Waals surface area contributed by atoms with Crippen molar-refractivity contribution in [1.82, 2.24) is 0 Å². The molecule has 15 heavy (non-hydrogen) atoms. The normalized spacial score (nSPS) is 11.3. The molecule has 0 amide bonds. The van der Waals surface area contributed by atoms with Crippen LogP contribution in [0.15, 0.2) is 18.2 Å². The summed E-state index contributed by atoms with van der Waals surface area (Å²) in [5, 5.41) is 0. The van der Waals surface area contributed by atoms with Crippen LogP contribution in [-0.2, 0) is 6.18 Å². The molecule has 1 nitrogen and oxygen atoms in total. The molecule has 0 fully saturated rings. The maximum absolute atomic E-state index is 12.2. The van der Waals surface area contributed by atoms with Crippen molar-refractivity contribution in [3.63, 3.8) is 0 Å². The molecule has 0 spiro atoms. The summed E-state index contributed by atoms with van der Waals surface area (Å²) in [5.41, 5.74) is 2.46. The van der Waals surface area contributed by atoms with Crippen LogP contribution in [0.3, 0.4) is 0 Å². The smallest absolute Gasteiger partial charge is 0.399 e. The predicted octanol–water partition coefficient (Wildman–Crippen LogP) is 3.65. The van der Waals surface area contributed by atoms with Gasteiger partial charge in [0.05, 0.1) is 5.56 Å². The first-order valence-electron chi connectivity index (χ1n) is 3.57. The Bertz CT molecular complexity index is 336. The second-order valence-corrected chi connectivity index (χ2v) is 2.65. The minimum atomic E-state index is -4.80. The van der Waals surface area contributed by atoms with Crippen molar-refractivity contribution in [3.8, 4) is 0 Å². The highest BCUT2D eigenvalue weighted by Gasteiger charge is 2.35. The molecule has 1 aromatic carbocycles. The second-order valence-electron chi connectivity index (χ2n) is 2.65. The quantitative estimate of drug-likeness (QED) is 0.595. The van der Waals surface area contributed by atoms with Gasteiger partial charge >= 0.3 is 6.18 Å². The molecule has 0 heterocycles. The number of rotatable bonds is 1. The van der Waals surface area contributed by atoms with Crippen molar-refractivity contribution in [1.29, 1.82) is 0 Å². The lowest BCUT2D eigenvalue weighted by Gasteiger charge is -2.12. The Kier molecular flexibility index (Phi) is 4.33. The minimum absolute atomic E-state index is 0. The first-order chi connectivity index (χ1) is 6.32. The fourth-order valence-corrected chi connectivity index (χ4v) is 1.01. The zero-order valence-corrected chi connectivity index (χ0v) is 8.00. The maximum Gasteiger partial charge on any atom is 0.416 e. The Morgan fingerprint density at radius 1 is 1.13 bits per heavy atom. The molecular formula is C8H7ClF5N. The van der Waals surface area contributed by atoms with Gasteiger partial charge in [-0.15, -0.1) is 12.4 Å². The fourth-order valence-electron chi connectivity index (χ4n) is 1.01. The van der Waals surface area contributed by atoms with E-state index >= 15 is 0 Å². The van der Waals surface area contributed by atoms with E-state index in [0.717, 1.165) is 6.07 Å².